The van der Waals surface area contributed by atoms with E-state index in [1.807, 2.05) is 49.3 Å². The van der Waals surface area contributed by atoms with Crippen LogP contribution in [0.15, 0.2) is 30.3 Å². The molecule has 2 unspecified atom stereocenters. The van der Waals surface area contributed by atoms with Crippen LogP contribution in [0.1, 0.15) is 18.4 Å². The molecule has 3 rings (SSSR count). The molecule has 160 valence electrons. The van der Waals surface area contributed by atoms with Crippen LogP contribution in [-0.2, 0) is 21.2 Å². The van der Waals surface area contributed by atoms with Crippen molar-refractivity contribution in [1.82, 2.24) is 20.0 Å². The van der Waals surface area contributed by atoms with Crippen molar-refractivity contribution in [3.8, 4) is 0 Å². The topological polar surface area (TPSA) is 90.0 Å². The molecule has 3 amide bonds. The highest BCUT2D eigenvalue weighted by Crippen LogP contribution is 2.19. The fourth-order valence-corrected chi connectivity index (χ4v) is 5.59. The Kier molecular flexibility index (Phi) is 6.79. The van der Waals surface area contributed by atoms with Crippen molar-refractivity contribution in [1.29, 1.82) is 0 Å². The lowest BCUT2D eigenvalue weighted by Gasteiger charge is -2.30. The zero-order valence-electron chi connectivity index (χ0n) is 17.1. The number of amides is 3. The van der Waals surface area contributed by atoms with Crippen molar-refractivity contribution in [2.45, 2.75) is 31.5 Å². The van der Waals surface area contributed by atoms with Crippen molar-refractivity contribution in [3.63, 3.8) is 0 Å². The Labute approximate surface area is 172 Å². The van der Waals surface area contributed by atoms with Gasteiger partial charge in [0, 0.05) is 38.6 Å². The Morgan fingerprint density at radius 3 is 2.55 bits per heavy atom. The molecule has 2 aliphatic rings. The molecule has 0 spiro atoms. The molecule has 0 aliphatic carbocycles. The molecule has 29 heavy (non-hydrogen) atoms. The number of sulfone groups is 1. The molecule has 1 aromatic rings. The standard InChI is InChI=1S/C20H30N4O4S/c1-22(2)9-10-24(18-8-11-29(27,28)15-18)20(26)21-17-12-19(25)23(14-17)13-16-6-4-3-5-7-16/h3-7,17-18H,8-15H2,1-2H3,(H,21,26). The van der Waals surface area contributed by atoms with Gasteiger partial charge in [0.1, 0.15) is 0 Å². The van der Waals surface area contributed by atoms with E-state index in [9.17, 15) is 18.0 Å². The van der Waals surface area contributed by atoms with Crippen molar-refractivity contribution in [2.75, 3.05) is 45.2 Å². The molecule has 2 fully saturated rings. The number of hydrogen-bond acceptors (Lipinski definition) is 5. The van der Waals surface area contributed by atoms with Crippen LogP contribution in [-0.4, -0.2) is 92.4 Å². The monoisotopic (exact) mass is 422 g/mol. The van der Waals surface area contributed by atoms with Gasteiger partial charge in [0.25, 0.3) is 0 Å². The molecular formula is C20H30N4O4S. The summed E-state index contributed by atoms with van der Waals surface area (Å²) in [6.07, 6.45) is 0.732. The first-order valence-corrected chi connectivity index (χ1v) is 11.8. The quantitative estimate of drug-likeness (QED) is 0.693. The Hall–Kier alpha value is -2.13. The van der Waals surface area contributed by atoms with Gasteiger partial charge < -0.3 is 20.0 Å². The molecular weight excluding hydrogens is 392 g/mol. The van der Waals surface area contributed by atoms with Crippen LogP contribution in [0.5, 0.6) is 0 Å². The van der Waals surface area contributed by atoms with Gasteiger partial charge in [-0.1, -0.05) is 30.3 Å². The highest BCUT2D eigenvalue weighted by atomic mass is 32.2. The van der Waals surface area contributed by atoms with Gasteiger partial charge in [0.2, 0.25) is 5.91 Å². The van der Waals surface area contributed by atoms with Gasteiger partial charge in [0.15, 0.2) is 9.84 Å². The van der Waals surface area contributed by atoms with Gasteiger partial charge >= 0.3 is 6.03 Å². The molecule has 1 aromatic carbocycles. The molecule has 2 heterocycles. The molecule has 2 saturated heterocycles. The molecule has 0 bridgehead atoms. The number of nitrogens with zero attached hydrogens (tertiary/aromatic N) is 3. The van der Waals surface area contributed by atoms with Crippen LogP contribution < -0.4 is 5.32 Å². The van der Waals surface area contributed by atoms with Crippen molar-refractivity contribution in [3.05, 3.63) is 35.9 Å². The summed E-state index contributed by atoms with van der Waals surface area (Å²) in [5, 5.41) is 2.96. The molecule has 2 aliphatic heterocycles. The van der Waals surface area contributed by atoms with Gasteiger partial charge in [0.05, 0.1) is 17.5 Å². The Morgan fingerprint density at radius 2 is 1.93 bits per heavy atom. The highest BCUT2D eigenvalue weighted by molar-refractivity contribution is 7.91. The first-order chi connectivity index (χ1) is 13.7. The molecule has 8 nitrogen and oxygen atoms in total. The van der Waals surface area contributed by atoms with Crippen molar-refractivity contribution in [2.24, 2.45) is 0 Å². The number of rotatable bonds is 7. The van der Waals surface area contributed by atoms with Crippen LogP contribution >= 0.6 is 0 Å². The molecule has 9 heteroatoms. The summed E-state index contributed by atoms with van der Waals surface area (Å²) in [5.74, 6) is 0.149. The van der Waals surface area contributed by atoms with Gasteiger partial charge in [-0.15, -0.1) is 0 Å². The average molecular weight is 423 g/mol. The Balaban J connectivity index is 1.60. The van der Waals surface area contributed by atoms with E-state index in [0.717, 1.165) is 5.56 Å². The van der Waals surface area contributed by atoms with Crippen LogP contribution in [0, 0.1) is 0 Å². The number of carbonyl (C=O) groups excluding carboxylic acids is 2. The predicted molar refractivity (Wildman–Crippen MR) is 111 cm³/mol. The van der Waals surface area contributed by atoms with E-state index >= 15 is 0 Å². The summed E-state index contributed by atoms with van der Waals surface area (Å²) in [4.78, 5) is 30.7. The normalized spacial score (nSPS) is 23.6. The third kappa shape index (κ3) is 5.93. The second kappa shape index (κ2) is 9.13. The number of hydrogen-bond donors (Lipinski definition) is 1. The molecule has 0 saturated carbocycles. The van der Waals surface area contributed by atoms with E-state index in [-0.39, 0.29) is 41.9 Å². The van der Waals surface area contributed by atoms with E-state index < -0.39 is 9.84 Å². The van der Waals surface area contributed by atoms with E-state index in [1.54, 1.807) is 9.80 Å². The largest absolute Gasteiger partial charge is 0.336 e. The predicted octanol–water partition coefficient (Wildman–Crippen LogP) is 0.548. The molecule has 0 radical (unpaired) electrons. The first kappa shape index (κ1) is 21.6. The van der Waals surface area contributed by atoms with Gasteiger partial charge in [-0.2, -0.15) is 0 Å². The summed E-state index contributed by atoms with van der Waals surface area (Å²) in [7, 11) is 0.741. The lowest BCUT2D eigenvalue weighted by Crippen LogP contribution is -2.52. The van der Waals surface area contributed by atoms with Crippen molar-refractivity contribution < 1.29 is 18.0 Å². The maximum Gasteiger partial charge on any atom is 0.318 e. The Morgan fingerprint density at radius 1 is 1.21 bits per heavy atom. The second-order valence-corrected chi connectivity index (χ2v) is 10.4. The number of benzene rings is 1. The second-order valence-electron chi connectivity index (χ2n) is 8.16. The average Bonchev–Trinajstić information content (AvgIpc) is 3.17. The van der Waals surface area contributed by atoms with Gasteiger partial charge in [-0.25, -0.2) is 13.2 Å². The summed E-state index contributed by atoms with van der Waals surface area (Å²) in [5.41, 5.74) is 1.05. The third-order valence-corrected chi connectivity index (χ3v) is 7.21. The lowest BCUT2D eigenvalue weighted by molar-refractivity contribution is -0.128. The van der Waals surface area contributed by atoms with Crippen LogP contribution in [0.25, 0.3) is 0 Å². The number of likely N-dealkylation sites (tertiary alicyclic amines) is 1. The summed E-state index contributed by atoms with van der Waals surface area (Å²) in [6, 6.07) is 8.90. The number of carbonyl (C=O) groups is 2. The van der Waals surface area contributed by atoms with Crippen LogP contribution in [0.3, 0.4) is 0 Å². The summed E-state index contributed by atoms with van der Waals surface area (Å²) < 4.78 is 23.8. The van der Waals surface area contributed by atoms with Crippen LogP contribution in [0.2, 0.25) is 0 Å². The zero-order valence-corrected chi connectivity index (χ0v) is 17.9. The molecule has 2 atom stereocenters. The van der Waals surface area contributed by atoms with Crippen LogP contribution in [0.4, 0.5) is 4.79 Å². The van der Waals surface area contributed by atoms with Crippen molar-refractivity contribution >= 4 is 21.8 Å². The minimum absolute atomic E-state index is 0.0115. The van der Waals surface area contributed by atoms with Gasteiger partial charge in [-0.05, 0) is 26.1 Å². The first-order valence-electron chi connectivity index (χ1n) is 9.97. The number of urea groups is 1. The summed E-state index contributed by atoms with van der Waals surface area (Å²) >= 11 is 0. The smallest absolute Gasteiger partial charge is 0.318 e. The molecule has 0 aromatic heterocycles. The molecule has 1 N–H and O–H groups in total. The minimum atomic E-state index is -3.09. The van der Waals surface area contributed by atoms with E-state index in [2.05, 4.69) is 5.32 Å². The number of likely N-dealkylation sites (N-methyl/N-ethyl adjacent to an activating group) is 1. The highest BCUT2D eigenvalue weighted by Gasteiger charge is 2.37. The fraction of sp³-hybridized carbons (Fsp3) is 0.600. The zero-order chi connectivity index (χ0) is 21.0. The van der Waals surface area contributed by atoms with E-state index in [0.29, 0.717) is 32.6 Å². The fourth-order valence-electron chi connectivity index (χ4n) is 3.86. The summed E-state index contributed by atoms with van der Waals surface area (Å²) in [6.45, 7) is 2.09. The van der Waals surface area contributed by atoms with E-state index in [4.69, 9.17) is 0 Å². The Bertz CT molecular complexity index is 828. The maximum atomic E-state index is 13.0. The lowest BCUT2D eigenvalue weighted by atomic mass is 10.2. The van der Waals surface area contributed by atoms with E-state index in [1.165, 1.54) is 0 Å². The maximum absolute atomic E-state index is 13.0. The van der Waals surface area contributed by atoms with Gasteiger partial charge in [-0.3, -0.25) is 4.79 Å². The number of nitrogens with one attached hydrogen (secondary N) is 1. The minimum Gasteiger partial charge on any atom is -0.336 e. The SMILES string of the molecule is CN(C)CCN(C(=O)NC1CC(=O)N(Cc2ccccc2)C1)C1CCS(=O)(=O)C1. The third-order valence-electron chi connectivity index (χ3n) is 5.46.